The zero-order chi connectivity index (χ0) is 14.5. The molecule has 0 aliphatic carbocycles. The van der Waals surface area contributed by atoms with E-state index < -0.39 is 11.7 Å². The third-order valence-electron chi connectivity index (χ3n) is 2.20. The lowest BCUT2D eigenvalue weighted by molar-refractivity contribution is -0.137. The minimum atomic E-state index is -4.46. The summed E-state index contributed by atoms with van der Waals surface area (Å²) in [5, 5.41) is 2.50. The number of anilines is 1. The standard InChI is InChI=1S/C13H13F3N2O/c1-9(19)18-7-3-2-4-10-8-11(17)5-6-12(10)13(14,15)16/h5-6,8H,3,7,17H2,1H3,(H,18,19). The van der Waals surface area contributed by atoms with Gasteiger partial charge in [0.15, 0.2) is 0 Å². The fourth-order valence-corrected chi connectivity index (χ4v) is 1.37. The predicted octanol–water partition coefficient (Wildman–Crippen LogP) is 2.17. The van der Waals surface area contributed by atoms with Crippen LogP contribution in [0, 0.1) is 11.8 Å². The van der Waals surface area contributed by atoms with Crippen molar-refractivity contribution < 1.29 is 18.0 Å². The number of carbonyl (C=O) groups excluding carboxylic acids is 1. The summed E-state index contributed by atoms with van der Waals surface area (Å²) in [6, 6.07) is 3.28. The first-order valence-corrected chi connectivity index (χ1v) is 5.50. The van der Waals surface area contributed by atoms with E-state index in [1.165, 1.54) is 19.1 Å². The zero-order valence-electron chi connectivity index (χ0n) is 10.3. The van der Waals surface area contributed by atoms with Gasteiger partial charge in [0.05, 0.1) is 5.56 Å². The van der Waals surface area contributed by atoms with Gasteiger partial charge in [-0.05, 0) is 18.2 Å². The van der Waals surface area contributed by atoms with Gasteiger partial charge in [0.25, 0.3) is 0 Å². The number of nitrogens with one attached hydrogen (secondary N) is 1. The second-order valence-corrected chi connectivity index (χ2v) is 3.84. The van der Waals surface area contributed by atoms with Gasteiger partial charge in [-0.15, -0.1) is 0 Å². The Morgan fingerprint density at radius 1 is 1.42 bits per heavy atom. The summed E-state index contributed by atoms with van der Waals surface area (Å²) in [5.74, 6) is 4.80. The van der Waals surface area contributed by atoms with Crippen LogP contribution in [-0.4, -0.2) is 12.5 Å². The Labute approximate surface area is 109 Å². The molecule has 0 saturated heterocycles. The molecule has 0 unspecified atom stereocenters. The lowest BCUT2D eigenvalue weighted by Gasteiger charge is -2.09. The van der Waals surface area contributed by atoms with E-state index >= 15 is 0 Å². The quantitative estimate of drug-likeness (QED) is 0.491. The van der Waals surface area contributed by atoms with E-state index in [2.05, 4.69) is 17.2 Å². The normalized spacial score (nSPS) is 10.5. The van der Waals surface area contributed by atoms with Crippen molar-refractivity contribution in [2.24, 2.45) is 0 Å². The molecule has 19 heavy (non-hydrogen) atoms. The molecule has 1 aromatic rings. The van der Waals surface area contributed by atoms with E-state index in [4.69, 9.17) is 5.73 Å². The Bertz CT molecular complexity index is 527. The largest absolute Gasteiger partial charge is 0.417 e. The van der Waals surface area contributed by atoms with Crippen LogP contribution in [0.15, 0.2) is 18.2 Å². The lowest BCUT2D eigenvalue weighted by Crippen LogP contribution is -2.20. The van der Waals surface area contributed by atoms with Crippen molar-refractivity contribution >= 4 is 11.6 Å². The number of hydrogen-bond acceptors (Lipinski definition) is 2. The van der Waals surface area contributed by atoms with Crippen LogP contribution in [0.3, 0.4) is 0 Å². The third kappa shape index (κ3) is 4.92. The fourth-order valence-electron chi connectivity index (χ4n) is 1.37. The van der Waals surface area contributed by atoms with Crippen molar-refractivity contribution in [3.8, 4) is 11.8 Å². The molecule has 0 aromatic heterocycles. The lowest BCUT2D eigenvalue weighted by atomic mass is 10.1. The maximum Gasteiger partial charge on any atom is 0.417 e. The van der Waals surface area contributed by atoms with Gasteiger partial charge in [-0.1, -0.05) is 11.8 Å². The van der Waals surface area contributed by atoms with E-state index in [1.807, 2.05) is 0 Å². The van der Waals surface area contributed by atoms with Gasteiger partial charge in [-0.3, -0.25) is 4.79 Å². The number of rotatable bonds is 2. The highest BCUT2D eigenvalue weighted by Crippen LogP contribution is 2.32. The maximum atomic E-state index is 12.7. The smallest absolute Gasteiger partial charge is 0.399 e. The fraction of sp³-hybridized carbons (Fsp3) is 0.308. The van der Waals surface area contributed by atoms with Gasteiger partial charge in [-0.25, -0.2) is 0 Å². The molecule has 1 rings (SSSR count). The number of nitrogen functional groups attached to an aromatic ring is 1. The Morgan fingerprint density at radius 3 is 2.68 bits per heavy atom. The molecule has 0 fully saturated rings. The van der Waals surface area contributed by atoms with Crippen LogP contribution in [0.25, 0.3) is 0 Å². The van der Waals surface area contributed by atoms with Gasteiger partial charge in [0.1, 0.15) is 0 Å². The van der Waals surface area contributed by atoms with Gasteiger partial charge < -0.3 is 11.1 Å². The van der Waals surface area contributed by atoms with E-state index in [9.17, 15) is 18.0 Å². The molecule has 0 atom stereocenters. The summed E-state index contributed by atoms with van der Waals surface area (Å²) in [4.78, 5) is 10.6. The first-order chi connectivity index (χ1) is 8.80. The molecule has 0 bridgehead atoms. The highest BCUT2D eigenvalue weighted by molar-refractivity contribution is 5.72. The maximum absolute atomic E-state index is 12.7. The Hall–Kier alpha value is -2.16. The second kappa shape index (κ2) is 6.14. The molecular formula is C13H13F3N2O. The van der Waals surface area contributed by atoms with Gasteiger partial charge in [0, 0.05) is 31.1 Å². The monoisotopic (exact) mass is 270 g/mol. The Balaban J connectivity index is 2.85. The molecule has 0 aliphatic rings. The van der Waals surface area contributed by atoms with Crippen molar-refractivity contribution in [2.75, 3.05) is 12.3 Å². The molecule has 3 nitrogen and oxygen atoms in total. The number of hydrogen-bond donors (Lipinski definition) is 2. The highest BCUT2D eigenvalue weighted by Gasteiger charge is 2.32. The van der Waals surface area contributed by atoms with Crippen LogP contribution in [-0.2, 0) is 11.0 Å². The Kier molecular flexibility index (Phi) is 4.81. The van der Waals surface area contributed by atoms with E-state index in [1.54, 1.807) is 0 Å². The number of nitrogens with two attached hydrogens (primary N) is 1. The van der Waals surface area contributed by atoms with Crippen molar-refractivity contribution in [3.05, 3.63) is 29.3 Å². The van der Waals surface area contributed by atoms with Crippen molar-refractivity contribution in [3.63, 3.8) is 0 Å². The molecule has 6 heteroatoms. The van der Waals surface area contributed by atoms with Gasteiger partial charge >= 0.3 is 6.18 Å². The summed E-state index contributed by atoms with van der Waals surface area (Å²) in [6.07, 6.45) is -4.19. The highest BCUT2D eigenvalue weighted by atomic mass is 19.4. The summed E-state index contributed by atoms with van der Waals surface area (Å²) >= 11 is 0. The van der Waals surface area contributed by atoms with Crippen molar-refractivity contribution in [2.45, 2.75) is 19.5 Å². The molecule has 0 radical (unpaired) electrons. The summed E-state index contributed by atoms with van der Waals surface area (Å²) in [6.45, 7) is 1.65. The Morgan fingerprint density at radius 2 is 2.11 bits per heavy atom. The minimum Gasteiger partial charge on any atom is -0.399 e. The number of alkyl halides is 3. The van der Waals surface area contributed by atoms with Gasteiger partial charge in [0.2, 0.25) is 5.91 Å². The van der Waals surface area contributed by atoms with E-state index in [0.717, 1.165) is 6.07 Å². The van der Waals surface area contributed by atoms with Gasteiger partial charge in [-0.2, -0.15) is 13.2 Å². The predicted molar refractivity (Wildman–Crippen MR) is 66.0 cm³/mol. The SMILES string of the molecule is CC(=O)NCCC#Cc1cc(N)ccc1C(F)(F)F. The van der Waals surface area contributed by atoms with Crippen LogP contribution in [0.1, 0.15) is 24.5 Å². The molecule has 0 heterocycles. The molecule has 1 amide bonds. The summed E-state index contributed by atoms with van der Waals surface area (Å²) in [5.41, 5.74) is 4.70. The molecular weight excluding hydrogens is 257 g/mol. The first kappa shape index (κ1) is 14.9. The average Bonchev–Trinajstić information content (AvgIpc) is 2.26. The van der Waals surface area contributed by atoms with Crippen LogP contribution in [0.5, 0.6) is 0 Å². The second-order valence-electron chi connectivity index (χ2n) is 3.84. The van der Waals surface area contributed by atoms with E-state index in [0.29, 0.717) is 6.54 Å². The molecule has 3 N–H and O–H groups in total. The minimum absolute atomic E-state index is 0.157. The average molecular weight is 270 g/mol. The number of halogens is 3. The van der Waals surface area contributed by atoms with Crippen molar-refractivity contribution in [1.29, 1.82) is 0 Å². The number of carbonyl (C=O) groups is 1. The van der Waals surface area contributed by atoms with Crippen LogP contribution >= 0.6 is 0 Å². The zero-order valence-corrected chi connectivity index (χ0v) is 10.3. The first-order valence-electron chi connectivity index (χ1n) is 5.50. The molecule has 0 aliphatic heterocycles. The third-order valence-corrected chi connectivity index (χ3v) is 2.20. The van der Waals surface area contributed by atoms with Crippen LogP contribution in [0.4, 0.5) is 18.9 Å². The van der Waals surface area contributed by atoms with Crippen LogP contribution < -0.4 is 11.1 Å². The number of amides is 1. The van der Waals surface area contributed by atoms with Crippen molar-refractivity contribution in [1.82, 2.24) is 5.32 Å². The summed E-state index contributed by atoms with van der Waals surface area (Å²) in [7, 11) is 0. The molecule has 0 saturated carbocycles. The summed E-state index contributed by atoms with van der Waals surface area (Å²) < 4.78 is 38.1. The van der Waals surface area contributed by atoms with E-state index in [-0.39, 0.29) is 23.6 Å². The molecule has 1 aromatic carbocycles. The topological polar surface area (TPSA) is 55.1 Å². The van der Waals surface area contributed by atoms with Crippen LogP contribution in [0.2, 0.25) is 0 Å². The molecule has 0 spiro atoms. The molecule has 102 valence electrons. The number of benzene rings is 1.